The van der Waals surface area contributed by atoms with E-state index in [9.17, 15) is 0 Å². The maximum absolute atomic E-state index is 5.85. The molecule has 0 aliphatic rings. The smallest absolute Gasteiger partial charge is 0.244 e. The summed E-state index contributed by atoms with van der Waals surface area (Å²) in [5.74, 6) is 0.855. The highest BCUT2D eigenvalue weighted by atomic mass is 79.9. The number of hydrogen-bond acceptors (Lipinski definition) is 4. The van der Waals surface area contributed by atoms with Gasteiger partial charge >= 0.3 is 0 Å². The lowest BCUT2D eigenvalue weighted by Gasteiger charge is -2.12. The molecule has 5 heteroatoms. The van der Waals surface area contributed by atoms with Crippen molar-refractivity contribution in [3.8, 4) is 0 Å². The third kappa shape index (κ3) is 2.04. The molecule has 4 nitrogen and oxygen atoms in total. The van der Waals surface area contributed by atoms with Gasteiger partial charge in [-0.3, -0.25) is 0 Å². The minimum Gasteiger partial charge on any atom is -0.337 e. The number of halogens is 1. The average molecular weight is 234 g/mol. The Morgan fingerprint density at radius 3 is 2.75 bits per heavy atom. The predicted molar refractivity (Wildman–Crippen MR) is 48.4 cm³/mol. The van der Waals surface area contributed by atoms with Gasteiger partial charge in [0.05, 0.1) is 6.04 Å². The first-order valence-electron chi connectivity index (χ1n) is 3.89. The van der Waals surface area contributed by atoms with Crippen LogP contribution in [0.1, 0.15) is 32.2 Å². The second-order valence-electron chi connectivity index (χ2n) is 2.81. The van der Waals surface area contributed by atoms with Gasteiger partial charge in [-0.05, 0) is 27.0 Å². The van der Waals surface area contributed by atoms with Crippen molar-refractivity contribution in [3.05, 3.63) is 10.6 Å². The maximum Gasteiger partial charge on any atom is 0.244 e. The minimum absolute atomic E-state index is 0.159. The van der Waals surface area contributed by atoms with E-state index in [2.05, 4.69) is 39.9 Å². The Bertz CT molecular complexity index is 251. The third-order valence-electron chi connectivity index (χ3n) is 1.96. The van der Waals surface area contributed by atoms with Crippen LogP contribution in [-0.2, 0) is 0 Å². The zero-order valence-electron chi connectivity index (χ0n) is 7.12. The fourth-order valence-corrected chi connectivity index (χ4v) is 1.10. The van der Waals surface area contributed by atoms with Crippen LogP contribution in [0.3, 0.4) is 0 Å². The molecule has 0 saturated heterocycles. The van der Waals surface area contributed by atoms with Crippen molar-refractivity contribution in [2.75, 3.05) is 0 Å². The minimum atomic E-state index is -0.159. The lowest BCUT2D eigenvalue weighted by atomic mass is 10.0. The molecule has 0 aromatic carbocycles. The molecule has 0 aliphatic carbocycles. The molecule has 1 heterocycles. The van der Waals surface area contributed by atoms with E-state index in [-0.39, 0.29) is 6.04 Å². The van der Waals surface area contributed by atoms with E-state index in [1.807, 2.05) is 0 Å². The van der Waals surface area contributed by atoms with Gasteiger partial charge in [0.25, 0.3) is 0 Å². The van der Waals surface area contributed by atoms with Crippen LogP contribution in [0.5, 0.6) is 0 Å². The Morgan fingerprint density at radius 2 is 2.33 bits per heavy atom. The molecule has 0 radical (unpaired) electrons. The molecular formula is C7H12BrN3O. The van der Waals surface area contributed by atoms with Gasteiger partial charge in [0.15, 0.2) is 0 Å². The van der Waals surface area contributed by atoms with Gasteiger partial charge in [0, 0.05) is 0 Å². The van der Waals surface area contributed by atoms with Crippen molar-refractivity contribution in [2.45, 2.75) is 26.3 Å². The summed E-state index contributed by atoms with van der Waals surface area (Å²) in [4.78, 5) is 3.99. The first-order valence-corrected chi connectivity index (χ1v) is 4.69. The van der Waals surface area contributed by atoms with Gasteiger partial charge < -0.3 is 10.3 Å². The molecule has 12 heavy (non-hydrogen) atoms. The molecule has 0 spiro atoms. The van der Waals surface area contributed by atoms with Gasteiger partial charge in [-0.1, -0.05) is 20.3 Å². The Morgan fingerprint density at radius 1 is 1.67 bits per heavy atom. The Balaban J connectivity index is 2.70. The summed E-state index contributed by atoms with van der Waals surface area (Å²) in [6.07, 6.45) is 1.00. The number of aromatic nitrogens is 2. The van der Waals surface area contributed by atoms with Crippen LogP contribution in [0, 0.1) is 5.92 Å². The highest BCUT2D eigenvalue weighted by molar-refractivity contribution is 9.10. The zero-order valence-corrected chi connectivity index (χ0v) is 8.71. The highest BCUT2D eigenvalue weighted by Crippen LogP contribution is 2.20. The maximum atomic E-state index is 5.85. The average Bonchev–Trinajstić information content (AvgIpc) is 2.49. The zero-order chi connectivity index (χ0) is 9.14. The van der Waals surface area contributed by atoms with Crippen LogP contribution < -0.4 is 5.73 Å². The predicted octanol–water partition coefficient (Wildman–Crippen LogP) is 1.88. The number of hydrogen-bond donors (Lipinski definition) is 1. The van der Waals surface area contributed by atoms with Crippen molar-refractivity contribution < 1.29 is 4.52 Å². The summed E-state index contributed by atoms with van der Waals surface area (Å²) in [7, 11) is 0. The lowest BCUT2D eigenvalue weighted by Crippen LogP contribution is -2.18. The van der Waals surface area contributed by atoms with Crippen LogP contribution in [0.2, 0.25) is 0 Å². The standard InChI is InChI=1S/C7H12BrN3O/c1-3-4(2)5(9)6-10-7(8)11-12-6/h4-5H,3,9H2,1-2H3/t4-,5-/m0/s1. The summed E-state index contributed by atoms with van der Waals surface area (Å²) in [6, 6.07) is -0.159. The molecule has 1 rings (SSSR count). The van der Waals surface area contributed by atoms with Crippen molar-refractivity contribution in [1.82, 2.24) is 10.1 Å². The van der Waals surface area contributed by atoms with Crippen molar-refractivity contribution in [1.29, 1.82) is 0 Å². The van der Waals surface area contributed by atoms with E-state index in [4.69, 9.17) is 10.3 Å². The van der Waals surface area contributed by atoms with E-state index in [0.29, 0.717) is 16.5 Å². The summed E-state index contributed by atoms with van der Waals surface area (Å²) in [5.41, 5.74) is 5.85. The lowest BCUT2D eigenvalue weighted by molar-refractivity contribution is 0.311. The number of nitrogens with two attached hydrogens (primary N) is 1. The van der Waals surface area contributed by atoms with Gasteiger partial charge in [-0.2, -0.15) is 4.98 Å². The van der Waals surface area contributed by atoms with Crippen LogP contribution in [0.15, 0.2) is 9.26 Å². The molecule has 68 valence electrons. The number of rotatable bonds is 3. The highest BCUT2D eigenvalue weighted by Gasteiger charge is 2.18. The molecular weight excluding hydrogens is 222 g/mol. The number of nitrogens with zero attached hydrogens (tertiary/aromatic N) is 2. The van der Waals surface area contributed by atoms with E-state index in [1.165, 1.54) is 0 Å². The third-order valence-corrected chi connectivity index (χ3v) is 2.28. The summed E-state index contributed by atoms with van der Waals surface area (Å²) in [5, 5.41) is 3.60. The van der Waals surface area contributed by atoms with Crippen LogP contribution in [0.4, 0.5) is 0 Å². The second kappa shape index (κ2) is 4.00. The van der Waals surface area contributed by atoms with Crippen molar-refractivity contribution in [3.63, 3.8) is 0 Å². The summed E-state index contributed by atoms with van der Waals surface area (Å²) in [6.45, 7) is 4.14. The molecule has 2 N–H and O–H groups in total. The molecule has 1 aromatic heterocycles. The van der Waals surface area contributed by atoms with Crippen molar-refractivity contribution in [2.24, 2.45) is 11.7 Å². The van der Waals surface area contributed by atoms with E-state index in [0.717, 1.165) is 6.42 Å². The normalized spacial score (nSPS) is 16.0. The topological polar surface area (TPSA) is 64.9 Å². The van der Waals surface area contributed by atoms with E-state index < -0.39 is 0 Å². The van der Waals surface area contributed by atoms with E-state index in [1.54, 1.807) is 0 Å². The Hall–Kier alpha value is -0.420. The van der Waals surface area contributed by atoms with Gasteiger partial charge in [0.1, 0.15) is 0 Å². The molecule has 0 amide bonds. The summed E-state index contributed by atoms with van der Waals surface area (Å²) < 4.78 is 5.37. The molecule has 0 bridgehead atoms. The molecule has 1 aromatic rings. The molecule has 0 aliphatic heterocycles. The van der Waals surface area contributed by atoms with Crippen LogP contribution in [-0.4, -0.2) is 10.1 Å². The summed E-state index contributed by atoms with van der Waals surface area (Å²) >= 11 is 3.10. The monoisotopic (exact) mass is 233 g/mol. The molecule has 0 saturated carbocycles. The molecule has 0 fully saturated rings. The van der Waals surface area contributed by atoms with Gasteiger partial charge in [0.2, 0.25) is 10.6 Å². The Labute approximate surface area is 79.6 Å². The SMILES string of the molecule is CC[C@H](C)[C@H](N)c1nc(Br)no1. The first kappa shape index (κ1) is 9.67. The van der Waals surface area contributed by atoms with Crippen LogP contribution >= 0.6 is 15.9 Å². The Kier molecular flexibility index (Phi) is 3.22. The second-order valence-corrected chi connectivity index (χ2v) is 3.52. The largest absolute Gasteiger partial charge is 0.337 e. The van der Waals surface area contributed by atoms with Gasteiger partial charge in [-0.15, -0.1) is 0 Å². The fraction of sp³-hybridized carbons (Fsp3) is 0.714. The fourth-order valence-electron chi connectivity index (χ4n) is 0.849. The van der Waals surface area contributed by atoms with Crippen LogP contribution in [0.25, 0.3) is 0 Å². The first-order chi connectivity index (χ1) is 5.65. The van der Waals surface area contributed by atoms with Gasteiger partial charge in [-0.25, -0.2) is 0 Å². The van der Waals surface area contributed by atoms with E-state index >= 15 is 0 Å². The molecule has 0 unspecified atom stereocenters. The van der Waals surface area contributed by atoms with Crippen molar-refractivity contribution >= 4 is 15.9 Å². The quantitative estimate of drug-likeness (QED) is 0.867. The molecule has 2 atom stereocenters.